The first kappa shape index (κ1) is 26.7. The van der Waals surface area contributed by atoms with Crippen LogP contribution in [-0.2, 0) is 27.5 Å². The molecule has 0 spiro atoms. The van der Waals surface area contributed by atoms with Crippen molar-refractivity contribution in [2.45, 2.75) is 24.9 Å². The van der Waals surface area contributed by atoms with Gasteiger partial charge in [-0.2, -0.15) is 31.4 Å². The van der Waals surface area contributed by atoms with E-state index in [0.29, 0.717) is 16.8 Å². The molecule has 2 rings (SSSR count). The molecule has 0 fully saturated rings. The third-order valence-electron chi connectivity index (χ3n) is 4.17. The van der Waals surface area contributed by atoms with Crippen LogP contribution in [0.3, 0.4) is 0 Å². The van der Waals surface area contributed by atoms with E-state index in [-0.39, 0.29) is 0 Å². The molecule has 0 aliphatic carbocycles. The highest BCUT2D eigenvalue weighted by Crippen LogP contribution is 2.45. The van der Waals surface area contributed by atoms with Crippen LogP contribution in [-0.4, -0.2) is 53.3 Å². The fourth-order valence-electron chi connectivity index (χ4n) is 2.73. The Hall–Kier alpha value is -2.51. The molecule has 0 saturated heterocycles. The SMILES string of the molecule is COC(=O)C(C)(O)c1c(C(F)(F)F)nn(-c2c(Cl)cc(C(F)(F)F)cc2Cl)c1N=CN(C)C. The van der Waals surface area contributed by atoms with Gasteiger partial charge in [0.25, 0.3) is 0 Å². The van der Waals surface area contributed by atoms with Gasteiger partial charge in [-0.05, 0) is 19.1 Å². The number of rotatable bonds is 5. The summed E-state index contributed by atoms with van der Waals surface area (Å²) in [5.41, 5.74) is -7.64. The van der Waals surface area contributed by atoms with Crippen LogP contribution in [0.4, 0.5) is 32.2 Å². The van der Waals surface area contributed by atoms with Crippen LogP contribution < -0.4 is 0 Å². The number of hydrogen-bond acceptors (Lipinski definition) is 5. The van der Waals surface area contributed by atoms with E-state index >= 15 is 0 Å². The molecule has 15 heteroatoms. The molecule has 2 aromatic rings. The van der Waals surface area contributed by atoms with Gasteiger partial charge in [0.15, 0.2) is 17.1 Å². The van der Waals surface area contributed by atoms with Crippen molar-refractivity contribution in [2.24, 2.45) is 4.99 Å². The van der Waals surface area contributed by atoms with E-state index in [1.54, 1.807) is 0 Å². The smallest absolute Gasteiger partial charge is 0.435 e. The summed E-state index contributed by atoms with van der Waals surface area (Å²) >= 11 is 11.9. The molecule has 182 valence electrons. The van der Waals surface area contributed by atoms with E-state index in [4.69, 9.17) is 23.2 Å². The molecule has 1 unspecified atom stereocenters. The highest BCUT2D eigenvalue weighted by molar-refractivity contribution is 6.38. The third-order valence-corrected chi connectivity index (χ3v) is 4.74. The van der Waals surface area contributed by atoms with Crippen molar-refractivity contribution in [1.82, 2.24) is 14.7 Å². The topological polar surface area (TPSA) is 79.9 Å². The summed E-state index contributed by atoms with van der Waals surface area (Å²) in [6, 6.07) is 0.880. The number of methoxy groups -OCH3 is 1. The van der Waals surface area contributed by atoms with Crippen LogP contribution in [0.15, 0.2) is 17.1 Å². The predicted molar refractivity (Wildman–Crippen MR) is 107 cm³/mol. The van der Waals surface area contributed by atoms with E-state index in [0.717, 1.165) is 20.4 Å². The van der Waals surface area contributed by atoms with Crippen LogP contribution in [0, 0.1) is 0 Å². The Bertz CT molecular complexity index is 1070. The molecule has 0 aliphatic heterocycles. The van der Waals surface area contributed by atoms with Crippen molar-refractivity contribution >= 4 is 41.3 Å². The van der Waals surface area contributed by atoms with Gasteiger partial charge >= 0.3 is 18.3 Å². The summed E-state index contributed by atoms with van der Waals surface area (Å²) in [6.45, 7) is 0.722. The van der Waals surface area contributed by atoms with Crippen molar-refractivity contribution in [3.8, 4) is 5.69 Å². The summed E-state index contributed by atoms with van der Waals surface area (Å²) in [7, 11) is 3.76. The van der Waals surface area contributed by atoms with Gasteiger partial charge in [0.05, 0.1) is 34.6 Å². The Labute approximate surface area is 193 Å². The molecule has 1 atom stereocenters. The molecular weight excluding hydrogens is 505 g/mol. The summed E-state index contributed by atoms with van der Waals surface area (Å²) in [6.07, 6.45) is -9.07. The average molecular weight is 521 g/mol. The van der Waals surface area contributed by atoms with E-state index in [9.17, 15) is 36.2 Å². The molecule has 1 heterocycles. The number of esters is 1. The maximum Gasteiger partial charge on any atom is 0.435 e. The first-order chi connectivity index (χ1) is 14.9. The molecule has 33 heavy (non-hydrogen) atoms. The van der Waals surface area contributed by atoms with Gasteiger partial charge in [0.2, 0.25) is 0 Å². The molecule has 0 saturated carbocycles. The lowest BCUT2D eigenvalue weighted by Gasteiger charge is -2.22. The zero-order valence-electron chi connectivity index (χ0n) is 17.3. The predicted octanol–water partition coefficient (Wildman–Crippen LogP) is 4.82. The molecular formula is C18H16Cl2F6N4O3. The van der Waals surface area contributed by atoms with Crippen LogP contribution in [0.1, 0.15) is 23.7 Å². The van der Waals surface area contributed by atoms with Crippen LogP contribution >= 0.6 is 23.2 Å². The Morgan fingerprint density at radius 3 is 2.06 bits per heavy atom. The summed E-state index contributed by atoms with van der Waals surface area (Å²) in [4.78, 5) is 17.3. The molecule has 0 aliphatic rings. The zero-order valence-corrected chi connectivity index (χ0v) is 18.8. The Morgan fingerprint density at radius 1 is 1.15 bits per heavy atom. The number of alkyl halides is 6. The lowest BCUT2D eigenvalue weighted by molar-refractivity contribution is -0.164. The van der Waals surface area contributed by atoms with Crippen molar-refractivity contribution in [1.29, 1.82) is 0 Å². The zero-order chi connectivity index (χ0) is 25.5. The Morgan fingerprint density at radius 2 is 1.67 bits per heavy atom. The molecule has 1 aromatic heterocycles. The molecule has 0 radical (unpaired) electrons. The highest BCUT2D eigenvalue weighted by atomic mass is 35.5. The number of aliphatic hydroxyl groups is 1. The van der Waals surface area contributed by atoms with E-state index in [1.165, 1.54) is 19.0 Å². The number of carbonyl (C=O) groups is 1. The van der Waals surface area contributed by atoms with E-state index in [1.807, 2.05) is 0 Å². The molecule has 7 nitrogen and oxygen atoms in total. The minimum atomic E-state index is -5.23. The highest BCUT2D eigenvalue weighted by Gasteiger charge is 2.49. The number of carbonyl (C=O) groups excluding carboxylic acids is 1. The largest absolute Gasteiger partial charge is 0.467 e. The molecule has 1 N–H and O–H groups in total. The average Bonchev–Trinajstić information content (AvgIpc) is 3.04. The van der Waals surface area contributed by atoms with Gasteiger partial charge in [0.1, 0.15) is 5.69 Å². The fourth-order valence-corrected chi connectivity index (χ4v) is 3.38. The van der Waals surface area contributed by atoms with Crippen molar-refractivity contribution in [3.05, 3.63) is 39.0 Å². The maximum atomic E-state index is 13.9. The van der Waals surface area contributed by atoms with Gasteiger partial charge in [-0.25, -0.2) is 14.5 Å². The van der Waals surface area contributed by atoms with Crippen molar-refractivity contribution < 1.29 is 41.0 Å². The monoisotopic (exact) mass is 520 g/mol. The van der Waals surface area contributed by atoms with Gasteiger partial charge in [-0.1, -0.05) is 23.2 Å². The number of halogens is 8. The molecule has 1 aromatic carbocycles. The standard InChI is InChI=1S/C18H16Cl2F6N4O3/c1-16(32,15(31)33-4)11-13(18(24,25)26)28-30(14(11)27-7-29(2)3)12-9(19)5-8(6-10(12)20)17(21,22)23/h5-7,32H,1-4H3. The second kappa shape index (κ2) is 9.03. The normalized spacial score (nSPS) is 14.5. The van der Waals surface area contributed by atoms with Crippen molar-refractivity contribution in [2.75, 3.05) is 21.2 Å². The van der Waals surface area contributed by atoms with Gasteiger partial charge in [-0.15, -0.1) is 0 Å². The van der Waals surface area contributed by atoms with E-state index in [2.05, 4.69) is 14.8 Å². The van der Waals surface area contributed by atoms with Crippen molar-refractivity contribution in [3.63, 3.8) is 0 Å². The van der Waals surface area contributed by atoms with Crippen LogP contribution in [0.2, 0.25) is 10.0 Å². The summed E-state index contributed by atoms with van der Waals surface area (Å²) < 4.78 is 85.6. The Kier molecular flexibility index (Phi) is 7.32. The molecule has 0 bridgehead atoms. The Balaban J connectivity index is 3.03. The second-order valence-electron chi connectivity index (χ2n) is 7.02. The summed E-state index contributed by atoms with van der Waals surface area (Å²) in [5, 5.41) is 12.6. The lowest BCUT2D eigenvalue weighted by Crippen LogP contribution is -2.35. The molecule has 0 amide bonds. The number of ether oxygens (including phenoxy) is 1. The van der Waals surface area contributed by atoms with Gasteiger partial charge in [-0.3, -0.25) is 0 Å². The fraction of sp³-hybridized carbons (Fsp3) is 0.389. The lowest BCUT2D eigenvalue weighted by atomic mass is 9.95. The summed E-state index contributed by atoms with van der Waals surface area (Å²) in [5.74, 6) is -2.24. The minimum absolute atomic E-state index is 0.403. The van der Waals surface area contributed by atoms with E-state index < -0.39 is 62.3 Å². The number of hydrogen-bond donors (Lipinski definition) is 1. The number of aromatic nitrogens is 2. The number of nitrogens with zero attached hydrogens (tertiary/aromatic N) is 4. The first-order valence-electron chi connectivity index (χ1n) is 8.71. The van der Waals surface area contributed by atoms with Crippen LogP contribution in [0.25, 0.3) is 5.69 Å². The first-order valence-corrected chi connectivity index (χ1v) is 9.47. The third kappa shape index (κ3) is 5.36. The van der Waals surface area contributed by atoms with Gasteiger partial charge < -0.3 is 14.7 Å². The number of aliphatic imine (C=N–C) groups is 1. The maximum absolute atomic E-state index is 13.9. The van der Waals surface area contributed by atoms with Gasteiger partial charge in [0, 0.05) is 14.1 Å². The van der Waals surface area contributed by atoms with Crippen LogP contribution in [0.5, 0.6) is 0 Å². The quantitative estimate of drug-likeness (QED) is 0.264. The number of benzene rings is 1. The minimum Gasteiger partial charge on any atom is -0.467 e. The second-order valence-corrected chi connectivity index (χ2v) is 7.83.